The van der Waals surface area contributed by atoms with Gasteiger partial charge in [0, 0.05) is 23.0 Å². The molecule has 2 N–H and O–H groups in total. The van der Waals surface area contributed by atoms with Crippen molar-refractivity contribution in [1.29, 1.82) is 0 Å². The zero-order valence-electron chi connectivity index (χ0n) is 16.2. The van der Waals surface area contributed by atoms with Gasteiger partial charge in [0.1, 0.15) is 5.82 Å². The minimum absolute atomic E-state index is 0.0463. The predicted octanol–water partition coefficient (Wildman–Crippen LogP) is 4.36. The van der Waals surface area contributed by atoms with Gasteiger partial charge in [0.15, 0.2) is 0 Å². The molecule has 0 bridgehead atoms. The van der Waals surface area contributed by atoms with E-state index in [1.807, 2.05) is 30.3 Å². The van der Waals surface area contributed by atoms with Crippen LogP contribution >= 0.6 is 0 Å². The van der Waals surface area contributed by atoms with Gasteiger partial charge in [-0.25, -0.2) is 12.8 Å². The number of para-hydroxylation sites is 1. The molecule has 1 aromatic heterocycles. The average molecular weight is 435 g/mol. The lowest BCUT2D eigenvalue weighted by Gasteiger charge is -2.10. The van der Waals surface area contributed by atoms with Crippen molar-refractivity contribution in [2.45, 2.75) is 11.3 Å². The van der Waals surface area contributed by atoms with Gasteiger partial charge >= 0.3 is 0 Å². The molecule has 1 heterocycles. The number of carbonyl (C=O) groups is 1. The third-order valence-electron chi connectivity index (χ3n) is 4.61. The van der Waals surface area contributed by atoms with Crippen molar-refractivity contribution in [3.8, 4) is 0 Å². The second kappa shape index (κ2) is 8.53. The van der Waals surface area contributed by atoms with Crippen molar-refractivity contribution < 1.29 is 17.6 Å². The average Bonchev–Trinajstić information content (AvgIpc) is 2.75. The molecule has 0 saturated carbocycles. The van der Waals surface area contributed by atoms with Crippen LogP contribution in [0.3, 0.4) is 0 Å². The number of halogens is 1. The van der Waals surface area contributed by atoms with E-state index in [0.29, 0.717) is 11.4 Å². The molecule has 0 radical (unpaired) electrons. The fraction of sp³-hybridized carbons (Fsp3) is 0.0435. The van der Waals surface area contributed by atoms with Crippen molar-refractivity contribution in [3.05, 3.63) is 96.4 Å². The lowest BCUT2D eigenvalue weighted by molar-refractivity contribution is -0.115. The zero-order valence-corrected chi connectivity index (χ0v) is 17.1. The van der Waals surface area contributed by atoms with E-state index in [4.69, 9.17) is 0 Å². The first-order valence-corrected chi connectivity index (χ1v) is 10.9. The number of sulfonamides is 1. The number of fused-ring (bicyclic) bond motifs is 1. The summed E-state index contributed by atoms with van der Waals surface area (Å²) in [5.74, 6) is -0.726. The standard InChI is InChI=1S/C23H18FN3O3S/c24-18-6-12-21(13-7-18)31(29,30)27-20-10-8-19(9-11-20)26-22(28)15-17-4-1-3-16-5-2-14-25-23(16)17/h1-14,27H,15H2,(H,26,28). The highest BCUT2D eigenvalue weighted by molar-refractivity contribution is 7.92. The molecule has 0 saturated heterocycles. The highest BCUT2D eigenvalue weighted by Gasteiger charge is 2.14. The van der Waals surface area contributed by atoms with Crippen molar-refractivity contribution in [2.75, 3.05) is 10.0 Å². The summed E-state index contributed by atoms with van der Waals surface area (Å²) >= 11 is 0. The zero-order chi connectivity index (χ0) is 21.8. The molecule has 0 aliphatic heterocycles. The Hall–Kier alpha value is -3.78. The number of benzene rings is 3. The van der Waals surface area contributed by atoms with Gasteiger partial charge in [-0.1, -0.05) is 24.3 Å². The highest BCUT2D eigenvalue weighted by Crippen LogP contribution is 2.20. The van der Waals surface area contributed by atoms with Crippen LogP contribution in [0.25, 0.3) is 10.9 Å². The molecule has 0 unspecified atom stereocenters. The smallest absolute Gasteiger partial charge is 0.261 e. The summed E-state index contributed by atoms with van der Waals surface area (Å²) in [6.07, 6.45) is 1.85. The summed E-state index contributed by atoms with van der Waals surface area (Å²) in [6.45, 7) is 0. The summed E-state index contributed by atoms with van der Waals surface area (Å²) in [7, 11) is -3.84. The first kappa shape index (κ1) is 20.5. The van der Waals surface area contributed by atoms with Crippen LogP contribution < -0.4 is 10.0 Å². The van der Waals surface area contributed by atoms with Gasteiger partial charge in [-0.15, -0.1) is 0 Å². The maximum Gasteiger partial charge on any atom is 0.261 e. The number of rotatable bonds is 6. The molecule has 0 aliphatic carbocycles. The van der Waals surface area contributed by atoms with Crippen molar-refractivity contribution in [1.82, 2.24) is 4.98 Å². The minimum Gasteiger partial charge on any atom is -0.326 e. The third kappa shape index (κ3) is 4.87. The summed E-state index contributed by atoms with van der Waals surface area (Å²) < 4.78 is 40.2. The molecular weight excluding hydrogens is 417 g/mol. The predicted molar refractivity (Wildman–Crippen MR) is 118 cm³/mol. The van der Waals surface area contributed by atoms with E-state index in [1.54, 1.807) is 18.3 Å². The molecule has 156 valence electrons. The second-order valence-corrected chi connectivity index (χ2v) is 8.54. The topological polar surface area (TPSA) is 88.2 Å². The number of amides is 1. The molecule has 0 aliphatic rings. The molecule has 0 atom stereocenters. The molecule has 8 heteroatoms. The molecule has 0 fully saturated rings. The van der Waals surface area contributed by atoms with Gasteiger partial charge in [0.05, 0.1) is 16.8 Å². The summed E-state index contributed by atoms with van der Waals surface area (Å²) in [5.41, 5.74) is 2.45. The first-order chi connectivity index (χ1) is 14.9. The number of hydrogen-bond donors (Lipinski definition) is 2. The molecular formula is C23H18FN3O3S. The van der Waals surface area contributed by atoms with Crippen LogP contribution in [0.2, 0.25) is 0 Å². The van der Waals surface area contributed by atoms with Gasteiger partial charge in [-0.2, -0.15) is 0 Å². The van der Waals surface area contributed by atoms with Crippen LogP contribution in [-0.4, -0.2) is 19.3 Å². The van der Waals surface area contributed by atoms with Crippen molar-refractivity contribution in [3.63, 3.8) is 0 Å². The Morgan fingerprint density at radius 1 is 0.871 bits per heavy atom. The van der Waals surface area contributed by atoms with Crippen LogP contribution in [0.5, 0.6) is 0 Å². The monoisotopic (exact) mass is 435 g/mol. The Morgan fingerprint density at radius 3 is 2.29 bits per heavy atom. The van der Waals surface area contributed by atoms with Gasteiger partial charge < -0.3 is 5.32 Å². The maximum atomic E-state index is 13.0. The highest BCUT2D eigenvalue weighted by atomic mass is 32.2. The number of pyridine rings is 1. The summed E-state index contributed by atoms with van der Waals surface area (Å²) in [4.78, 5) is 16.8. The van der Waals surface area contributed by atoms with Crippen LogP contribution in [0.15, 0.2) is 90.0 Å². The van der Waals surface area contributed by atoms with E-state index in [-0.39, 0.29) is 17.2 Å². The number of nitrogens with one attached hydrogen (secondary N) is 2. The Morgan fingerprint density at radius 2 is 1.55 bits per heavy atom. The Bertz CT molecular complexity index is 1330. The van der Waals surface area contributed by atoms with E-state index in [9.17, 15) is 17.6 Å². The van der Waals surface area contributed by atoms with E-state index in [0.717, 1.165) is 28.6 Å². The fourth-order valence-corrected chi connectivity index (χ4v) is 4.20. The molecule has 4 aromatic rings. The summed E-state index contributed by atoms with van der Waals surface area (Å²) in [6, 6.07) is 20.3. The number of anilines is 2. The van der Waals surface area contributed by atoms with E-state index in [1.165, 1.54) is 24.3 Å². The van der Waals surface area contributed by atoms with Crippen LogP contribution in [-0.2, 0) is 21.2 Å². The SMILES string of the molecule is O=C(Cc1cccc2cccnc12)Nc1ccc(NS(=O)(=O)c2ccc(F)cc2)cc1. The minimum atomic E-state index is -3.84. The Kier molecular flexibility index (Phi) is 5.64. The normalized spacial score (nSPS) is 11.3. The van der Waals surface area contributed by atoms with Gasteiger partial charge in [-0.05, 0) is 60.2 Å². The van der Waals surface area contributed by atoms with E-state index >= 15 is 0 Å². The fourth-order valence-electron chi connectivity index (χ4n) is 3.14. The molecule has 4 rings (SSSR count). The van der Waals surface area contributed by atoms with E-state index < -0.39 is 15.8 Å². The Balaban J connectivity index is 1.42. The number of aromatic nitrogens is 1. The van der Waals surface area contributed by atoms with E-state index in [2.05, 4.69) is 15.0 Å². The molecule has 31 heavy (non-hydrogen) atoms. The molecule has 6 nitrogen and oxygen atoms in total. The van der Waals surface area contributed by atoms with Gasteiger partial charge in [0.25, 0.3) is 10.0 Å². The quantitative estimate of drug-likeness (QED) is 0.471. The lowest BCUT2D eigenvalue weighted by atomic mass is 10.1. The number of nitrogens with zero attached hydrogens (tertiary/aromatic N) is 1. The molecule has 0 spiro atoms. The molecule has 3 aromatic carbocycles. The molecule has 1 amide bonds. The number of hydrogen-bond acceptors (Lipinski definition) is 4. The third-order valence-corrected chi connectivity index (χ3v) is 6.01. The number of carbonyl (C=O) groups excluding carboxylic acids is 1. The lowest BCUT2D eigenvalue weighted by Crippen LogP contribution is -2.15. The second-order valence-electron chi connectivity index (χ2n) is 6.85. The van der Waals surface area contributed by atoms with Crippen LogP contribution in [0.4, 0.5) is 15.8 Å². The Labute approximate surface area is 178 Å². The maximum absolute atomic E-state index is 13.0. The van der Waals surface area contributed by atoms with Crippen LogP contribution in [0, 0.1) is 5.82 Å². The summed E-state index contributed by atoms with van der Waals surface area (Å²) in [5, 5.41) is 3.76. The van der Waals surface area contributed by atoms with Gasteiger partial charge in [-0.3, -0.25) is 14.5 Å². The first-order valence-electron chi connectivity index (χ1n) is 9.42. The van der Waals surface area contributed by atoms with Crippen molar-refractivity contribution >= 4 is 38.2 Å². The largest absolute Gasteiger partial charge is 0.326 e. The van der Waals surface area contributed by atoms with Crippen molar-refractivity contribution in [2.24, 2.45) is 0 Å². The van der Waals surface area contributed by atoms with Crippen LogP contribution in [0.1, 0.15) is 5.56 Å². The van der Waals surface area contributed by atoms with Gasteiger partial charge in [0.2, 0.25) is 5.91 Å².